The molecule has 0 amide bonds. The zero-order chi connectivity index (χ0) is 13.8. The zero-order valence-corrected chi connectivity index (χ0v) is 12.1. The Hall–Kier alpha value is -1.10. The molecule has 2 saturated heterocycles. The van der Waals surface area contributed by atoms with Gasteiger partial charge in [0.1, 0.15) is 5.75 Å². The van der Waals surface area contributed by atoms with Gasteiger partial charge in [0.2, 0.25) is 0 Å². The van der Waals surface area contributed by atoms with Gasteiger partial charge in [-0.2, -0.15) is 0 Å². The predicted molar refractivity (Wildman–Crippen MR) is 77.0 cm³/mol. The molecule has 2 atom stereocenters. The van der Waals surface area contributed by atoms with Gasteiger partial charge in [-0.3, -0.25) is 0 Å². The maximum absolute atomic E-state index is 5.96. The first kappa shape index (κ1) is 13.9. The molecular weight excluding hydrogens is 254 g/mol. The van der Waals surface area contributed by atoms with Crippen LogP contribution in [0.15, 0.2) is 24.3 Å². The minimum Gasteiger partial charge on any atom is -0.497 e. The molecule has 0 saturated carbocycles. The van der Waals surface area contributed by atoms with E-state index in [-0.39, 0.29) is 5.60 Å². The van der Waals surface area contributed by atoms with Crippen molar-refractivity contribution in [3.05, 3.63) is 29.8 Å². The molecule has 1 spiro atoms. The average molecular weight is 277 g/mol. The van der Waals surface area contributed by atoms with E-state index in [9.17, 15) is 0 Å². The highest BCUT2D eigenvalue weighted by atomic mass is 16.6. The lowest BCUT2D eigenvalue weighted by molar-refractivity contribution is -0.0894. The molecule has 2 heterocycles. The van der Waals surface area contributed by atoms with Crippen molar-refractivity contribution < 1.29 is 14.2 Å². The molecule has 0 aromatic heterocycles. The van der Waals surface area contributed by atoms with E-state index >= 15 is 0 Å². The largest absolute Gasteiger partial charge is 0.497 e. The Morgan fingerprint density at radius 1 is 1.40 bits per heavy atom. The molecule has 3 rings (SSSR count). The Labute approximate surface area is 120 Å². The molecule has 4 heteroatoms. The van der Waals surface area contributed by atoms with E-state index in [1.165, 1.54) is 5.56 Å². The van der Waals surface area contributed by atoms with Crippen LogP contribution >= 0.6 is 0 Å². The summed E-state index contributed by atoms with van der Waals surface area (Å²) in [6.45, 7) is 3.30. The maximum atomic E-state index is 5.96. The van der Waals surface area contributed by atoms with Gasteiger partial charge in [-0.05, 0) is 30.5 Å². The SMILES string of the molecule is COc1cccc(CNC2CCOC3(CCOC3)C2)c1. The van der Waals surface area contributed by atoms with Crippen LogP contribution < -0.4 is 10.1 Å². The van der Waals surface area contributed by atoms with Crippen LogP contribution in [0.2, 0.25) is 0 Å². The summed E-state index contributed by atoms with van der Waals surface area (Å²) in [5, 5.41) is 3.65. The summed E-state index contributed by atoms with van der Waals surface area (Å²) < 4.78 is 16.7. The molecule has 0 bridgehead atoms. The lowest BCUT2D eigenvalue weighted by Crippen LogP contribution is -2.47. The van der Waals surface area contributed by atoms with E-state index in [4.69, 9.17) is 14.2 Å². The molecule has 2 fully saturated rings. The number of rotatable bonds is 4. The smallest absolute Gasteiger partial charge is 0.119 e. The van der Waals surface area contributed by atoms with Crippen molar-refractivity contribution in [3.63, 3.8) is 0 Å². The number of ether oxygens (including phenoxy) is 3. The molecule has 1 aromatic rings. The summed E-state index contributed by atoms with van der Waals surface area (Å²) in [5.41, 5.74) is 1.23. The minimum absolute atomic E-state index is 0.0235. The van der Waals surface area contributed by atoms with Crippen molar-refractivity contribution in [2.75, 3.05) is 26.9 Å². The van der Waals surface area contributed by atoms with E-state index in [1.54, 1.807) is 7.11 Å². The normalized spacial score (nSPS) is 29.8. The van der Waals surface area contributed by atoms with Gasteiger partial charge in [0, 0.05) is 32.2 Å². The van der Waals surface area contributed by atoms with Crippen LogP contribution in [0, 0.1) is 0 Å². The second-order valence-electron chi connectivity index (χ2n) is 5.76. The van der Waals surface area contributed by atoms with Crippen molar-refractivity contribution >= 4 is 0 Å². The first-order chi connectivity index (χ1) is 9.80. The fourth-order valence-corrected chi connectivity index (χ4v) is 3.11. The van der Waals surface area contributed by atoms with Gasteiger partial charge in [0.25, 0.3) is 0 Å². The summed E-state index contributed by atoms with van der Waals surface area (Å²) in [4.78, 5) is 0. The van der Waals surface area contributed by atoms with E-state index in [0.717, 1.165) is 51.4 Å². The third kappa shape index (κ3) is 3.14. The number of hydrogen-bond acceptors (Lipinski definition) is 4. The van der Waals surface area contributed by atoms with Gasteiger partial charge in [-0.1, -0.05) is 12.1 Å². The first-order valence-corrected chi connectivity index (χ1v) is 7.38. The summed E-state index contributed by atoms with van der Waals surface area (Å²) in [7, 11) is 1.70. The Balaban J connectivity index is 1.55. The third-order valence-corrected chi connectivity index (χ3v) is 4.29. The molecule has 0 radical (unpaired) electrons. The van der Waals surface area contributed by atoms with Gasteiger partial charge in [-0.15, -0.1) is 0 Å². The second-order valence-corrected chi connectivity index (χ2v) is 5.76. The molecule has 2 aliphatic heterocycles. The van der Waals surface area contributed by atoms with Gasteiger partial charge in [0.05, 0.1) is 19.3 Å². The molecule has 2 unspecified atom stereocenters. The van der Waals surface area contributed by atoms with Crippen LogP contribution in [0.1, 0.15) is 24.8 Å². The van der Waals surface area contributed by atoms with E-state index in [0.29, 0.717) is 6.04 Å². The maximum Gasteiger partial charge on any atom is 0.119 e. The minimum atomic E-state index is -0.0235. The van der Waals surface area contributed by atoms with Crippen molar-refractivity contribution in [2.45, 2.75) is 37.5 Å². The Bertz CT molecular complexity index is 443. The summed E-state index contributed by atoms with van der Waals surface area (Å²) in [5.74, 6) is 0.914. The van der Waals surface area contributed by atoms with Crippen molar-refractivity contribution in [3.8, 4) is 5.75 Å². The van der Waals surface area contributed by atoms with Crippen LogP contribution in [0.25, 0.3) is 0 Å². The van der Waals surface area contributed by atoms with Gasteiger partial charge in [-0.25, -0.2) is 0 Å². The van der Waals surface area contributed by atoms with E-state index < -0.39 is 0 Å². The van der Waals surface area contributed by atoms with Crippen molar-refractivity contribution in [1.82, 2.24) is 5.32 Å². The molecule has 1 aromatic carbocycles. The molecule has 4 nitrogen and oxygen atoms in total. The highest BCUT2D eigenvalue weighted by molar-refractivity contribution is 5.28. The van der Waals surface area contributed by atoms with Gasteiger partial charge >= 0.3 is 0 Å². The van der Waals surface area contributed by atoms with Crippen molar-refractivity contribution in [1.29, 1.82) is 0 Å². The second kappa shape index (κ2) is 6.12. The fraction of sp³-hybridized carbons (Fsp3) is 0.625. The molecular formula is C16H23NO3. The number of hydrogen-bond donors (Lipinski definition) is 1. The van der Waals surface area contributed by atoms with Crippen LogP contribution in [0.3, 0.4) is 0 Å². The molecule has 0 aliphatic carbocycles. The standard InChI is InChI=1S/C16H23NO3/c1-18-15-4-2-3-13(9-15)11-17-14-5-7-20-16(10-14)6-8-19-12-16/h2-4,9,14,17H,5-8,10-12H2,1H3. The number of nitrogens with one attached hydrogen (secondary N) is 1. The van der Waals surface area contributed by atoms with Crippen molar-refractivity contribution in [2.24, 2.45) is 0 Å². The van der Waals surface area contributed by atoms with Crippen LogP contribution in [-0.2, 0) is 16.0 Å². The number of benzene rings is 1. The van der Waals surface area contributed by atoms with Gasteiger partial charge < -0.3 is 19.5 Å². The quantitative estimate of drug-likeness (QED) is 0.915. The molecule has 110 valence electrons. The monoisotopic (exact) mass is 277 g/mol. The summed E-state index contributed by atoms with van der Waals surface area (Å²) >= 11 is 0. The number of methoxy groups -OCH3 is 1. The molecule has 2 aliphatic rings. The predicted octanol–water partition coefficient (Wildman–Crippen LogP) is 2.12. The Morgan fingerprint density at radius 2 is 2.35 bits per heavy atom. The fourth-order valence-electron chi connectivity index (χ4n) is 3.11. The van der Waals surface area contributed by atoms with Crippen LogP contribution in [0.5, 0.6) is 5.75 Å². The highest BCUT2D eigenvalue weighted by Crippen LogP contribution is 2.32. The highest BCUT2D eigenvalue weighted by Gasteiger charge is 2.40. The van der Waals surface area contributed by atoms with Crippen LogP contribution in [0.4, 0.5) is 0 Å². The zero-order valence-electron chi connectivity index (χ0n) is 12.1. The third-order valence-electron chi connectivity index (χ3n) is 4.29. The summed E-state index contributed by atoms with van der Waals surface area (Å²) in [6, 6.07) is 8.73. The first-order valence-electron chi connectivity index (χ1n) is 7.38. The van der Waals surface area contributed by atoms with Crippen LogP contribution in [-0.4, -0.2) is 38.6 Å². The van der Waals surface area contributed by atoms with E-state index in [2.05, 4.69) is 17.4 Å². The van der Waals surface area contributed by atoms with Gasteiger partial charge in [0.15, 0.2) is 0 Å². The molecule has 1 N–H and O–H groups in total. The topological polar surface area (TPSA) is 39.7 Å². The molecule has 20 heavy (non-hydrogen) atoms. The Kier molecular flexibility index (Phi) is 4.24. The lowest BCUT2D eigenvalue weighted by Gasteiger charge is -2.37. The summed E-state index contributed by atoms with van der Waals surface area (Å²) in [6.07, 6.45) is 3.16. The van der Waals surface area contributed by atoms with E-state index in [1.807, 2.05) is 12.1 Å². The Morgan fingerprint density at radius 3 is 3.15 bits per heavy atom. The average Bonchev–Trinajstić information content (AvgIpc) is 2.93. The lowest BCUT2D eigenvalue weighted by atomic mass is 9.89.